The van der Waals surface area contributed by atoms with Crippen molar-refractivity contribution in [2.75, 3.05) is 18.0 Å². The number of carboxylic acids is 1. The number of carbonyl (C=O) groups is 1. The maximum absolute atomic E-state index is 13.8. The SMILES string of the molecule is Cc1nc2cc(-c3cccc(-c4cccc(F)c4)c3)nn2c(N2CCC3(CC2)CC3)c1CC(=O)O. The van der Waals surface area contributed by atoms with Gasteiger partial charge in [0, 0.05) is 36.0 Å². The summed E-state index contributed by atoms with van der Waals surface area (Å²) in [6, 6.07) is 16.4. The van der Waals surface area contributed by atoms with Crippen LogP contribution in [0.5, 0.6) is 0 Å². The molecule has 0 atom stereocenters. The van der Waals surface area contributed by atoms with E-state index in [9.17, 15) is 14.3 Å². The Morgan fingerprint density at radius 2 is 1.69 bits per heavy atom. The molecule has 7 heteroatoms. The average molecular weight is 471 g/mol. The zero-order valence-corrected chi connectivity index (χ0v) is 19.7. The second-order valence-electron chi connectivity index (χ2n) is 9.95. The van der Waals surface area contributed by atoms with E-state index in [2.05, 4.69) is 4.90 Å². The standard InChI is InChI=1S/C28H27FN4O2/c1-18-23(16-26(34)35)27(32-12-10-28(8-9-28)11-13-32)33-25(30-18)17-24(31-33)21-6-2-4-19(14-21)20-5-3-7-22(29)15-20/h2-7,14-15,17H,8-13,16H2,1H3,(H,34,35). The molecule has 2 aromatic heterocycles. The third kappa shape index (κ3) is 4.05. The number of halogens is 1. The summed E-state index contributed by atoms with van der Waals surface area (Å²) in [6.07, 6.45) is 4.79. The fourth-order valence-corrected chi connectivity index (χ4v) is 5.36. The van der Waals surface area contributed by atoms with E-state index in [1.807, 2.05) is 47.8 Å². The van der Waals surface area contributed by atoms with Crippen molar-refractivity contribution in [3.05, 3.63) is 71.7 Å². The van der Waals surface area contributed by atoms with Crippen LogP contribution in [-0.2, 0) is 11.2 Å². The minimum absolute atomic E-state index is 0.0873. The number of aromatic nitrogens is 3. The summed E-state index contributed by atoms with van der Waals surface area (Å²) in [6.45, 7) is 3.68. The lowest BCUT2D eigenvalue weighted by atomic mass is 9.93. The van der Waals surface area contributed by atoms with Gasteiger partial charge < -0.3 is 10.0 Å². The van der Waals surface area contributed by atoms with Crippen molar-refractivity contribution in [3.63, 3.8) is 0 Å². The highest BCUT2D eigenvalue weighted by Gasteiger charge is 2.45. The molecule has 0 radical (unpaired) electrons. The van der Waals surface area contributed by atoms with Gasteiger partial charge in [0.15, 0.2) is 5.65 Å². The first kappa shape index (κ1) is 21.8. The number of benzene rings is 2. The van der Waals surface area contributed by atoms with Gasteiger partial charge in [0.25, 0.3) is 0 Å². The molecule has 3 heterocycles. The number of carboxylic acid groups (broad SMARTS) is 1. The van der Waals surface area contributed by atoms with Crippen molar-refractivity contribution in [1.82, 2.24) is 14.6 Å². The van der Waals surface area contributed by atoms with Crippen molar-refractivity contribution in [3.8, 4) is 22.4 Å². The van der Waals surface area contributed by atoms with E-state index in [0.717, 1.165) is 65.4 Å². The van der Waals surface area contributed by atoms with Crippen molar-refractivity contribution < 1.29 is 14.3 Å². The lowest BCUT2D eigenvalue weighted by Gasteiger charge is -2.35. The first-order valence-corrected chi connectivity index (χ1v) is 12.1. The highest BCUT2D eigenvalue weighted by molar-refractivity contribution is 5.76. The number of aryl methyl sites for hydroxylation is 1. The third-order valence-electron chi connectivity index (χ3n) is 7.61. The number of anilines is 1. The Hall–Kier alpha value is -3.74. The van der Waals surface area contributed by atoms with Gasteiger partial charge in [-0.05, 0) is 67.3 Å². The summed E-state index contributed by atoms with van der Waals surface area (Å²) in [4.78, 5) is 18.7. The summed E-state index contributed by atoms with van der Waals surface area (Å²) in [7, 11) is 0. The second kappa shape index (κ2) is 8.18. The lowest BCUT2D eigenvalue weighted by Crippen LogP contribution is -2.37. The predicted octanol–water partition coefficient (Wildman–Crippen LogP) is 5.52. The van der Waals surface area contributed by atoms with Gasteiger partial charge in [-0.3, -0.25) is 4.79 Å². The molecule has 1 saturated heterocycles. The monoisotopic (exact) mass is 470 g/mol. The molecule has 1 aliphatic heterocycles. The van der Waals surface area contributed by atoms with E-state index < -0.39 is 5.97 Å². The zero-order valence-electron chi connectivity index (χ0n) is 19.7. The molecule has 1 aliphatic carbocycles. The van der Waals surface area contributed by atoms with Crippen molar-refractivity contribution in [2.24, 2.45) is 5.41 Å². The van der Waals surface area contributed by atoms with Gasteiger partial charge in [-0.25, -0.2) is 9.37 Å². The van der Waals surface area contributed by atoms with Gasteiger partial charge in [-0.15, -0.1) is 0 Å². The molecule has 6 nitrogen and oxygen atoms in total. The number of rotatable bonds is 5. The van der Waals surface area contributed by atoms with Crippen LogP contribution in [0.2, 0.25) is 0 Å². The summed E-state index contributed by atoms with van der Waals surface area (Å²) in [5.41, 5.74) is 6.01. The number of hydrogen-bond acceptors (Lipinski definition) is 4. The van der Waals surface area contributed by atoms with E-state index in [0.29, 0.717) is 11.1 Å². The summed E-state index contributed by atoms with van der Waals surface area (Å²) >= 11 is 0. The number of fused-ring (bicyclic) bond motifs is 1. The Morgan fingerprint density at radius 3 is 2.37 bits per heavy atom. The maximum Gasteiger partial charge on any atom is 0.308 e. The quantitative estimate of drug-likeness (QED) is 0.416. The molecular formula is C28H27FN4O2. The minimum atomic E-state index is -0.874. The van der Waals surface area contributed by atoms with Gasteiger partial charge in [-0.1, -0.05) is 30.3 Å². The van der Waals surface area contributed by atoms with Crippen LogP contribution < -0.4 is 4.90 Å². The molecule has 178 valence electrons. The smallest absolute Gasteiger partial charge is 0.308 e. The van der Waals surface area contributed by atoms with E-state index in [1.165, 1.54) is 25.0 Å². The topological polar surface area (TPSA) is 70.7 Å². The molecule has 2 aromatic carbocycles. The fraction of sp³-hybridized carbons (Fsp3) is 0.321. The first-order chi connectivity index (χ1) is 16.9. The molecule has 4 aromatic rings. The number of aliphatic carboxylic acids is 1. The molecular weight excluding hydrogens is 443 g/mol. The summed E-state index contributed by atoms with van der Waals surface area (Å²) in [5.74, 6) is -0.301. The normalized spacial score (nSPS) is 16.7. The number of nitrogens with zero attached hydrogens (tertiary/aromatic N) is 4. The van der Waals surface area contributed by atoms with Crippen LogP contribution in [0.1, 0.15) is 36.9 Å². The zero-order chi connectivity index (χ0) is 24.2. The molecule has 1 N–H and O–H groups in total. The maximum atomic E-state index is 13.8. The largest absolute Gasteiger partial charge is 0.481 e. The van der Waals surface area contributed by atoms with Crippen LogP contribution in [0, 0.1) is 18.2 Å². The van der Waals surface area contributed by atoms with Crippen molar-refractivity contribution in [2.45, 2.75) is 39.0 Å². The molecule has 0 bridgehead atoms. The number of piperidine rings is 1. The van der Waals surface area contributed by atoms with Gasteiger partial charge in [0.1, 0.15) is 11.6 Å². The molecule has 2 fully saturated rings. The van der Waals surface area contributed by atoms with E-state index in [1.54, 1.807) is 6.07 Å². The molecule has 0 unspecified atom stereocenters. The highest BCUT2D eigenvalue weighted by Crippen LogP contribution is 2.54. The predicted molar refractivity (Wildman–Crippen MR) is 133 cm³/mol. The van der Waals surface area contributed by atoms with Gasteiger partial charge >= 0.3 is 5.97 Å². The Balaban J connectivity index is 1.45. The van der Waals surface area contributed by atoms with Gasteiger partial charge in [0.2, 0.25) is 0 Å². The van der Waals surface area contributed by atoms with E-state index in [4.69, 9.17) is 10.1 Å². The van der Waals surface area contributed by atoms with Crippen molar-refractivity contribution >= 4 is 17.4 Å². The van der Waals surface area contributed by atoms with Crippen LogP contribution in [0.3, 0.4) is 0 Å². The molecule has 35 heavy (non-hydrogen) atoms. The summed E-state index contributed by atoms with van der Waals surface area (Å²) in [5, 5.41) is 14.5. The molecule has 1 saturated carbocycles. The third-order valence-corrected chi connectivity index (χ3v) is 7.61. The van der Waals surface area contributed by atoms with E-state index in [-0.39, 0.29) is 12.2 Å². The molecule has 2 aliphatic rings. The molecule has 1 spiro atoms. The Morgan fingerprint density at radius 1 is 1.00 bits per heavy atom. The Kier molecular flexibility index (Phi) is 5.09. The van der Waals surface area contributed by atoms with Gasteiger partial charge in [-0.2, -0.15) is 9.61 Å². The van der Waals surface area contributed by atoms with Crippen molar-refractivity contribution in [1.29, 1.82) is 0 Å². The fourth-order valence-electron chi connectivity index (χ4n) is 5.36. The lowest BCUT2D eigenvalue weighted by molar-refractivity contribution is -0.136. The average Bonchev–Trinajstić information content (AvgIpc) is 3.47. The molecule has 0 amide bonds. The van der Waals surface area contributed by atoms with Crippen LogP contribution in [0.4, 0.5) is 10.2 Å². The minimum Gasteiger partial charge on any atom is -0.481 e. The Bertz CT molecular complexity index is 1450. The van der Waals surface area contributed by atoms with Gasteiger partial charge in [0.05, 0.1) is 12.1 Å². The van der Waals surface area contributed by atoms with E-state index >= 15 is 0 Å². The van der Waals surface area contributed by atoms with Crippen LogP contribution in [0.25, 0.3) is 28.0 Å². The number of hydrogen-bond donors (Lipinski definition) is 1. The summed E-state index contributed by atoms with van der Waals surface area (Å²) < 4.78 is 15.6. The van der Waals surface area contributed by atoms with Crippen LogP contribution in [-0.4, -0.2) is 38.8 Å². The Labute approximate surface area is 203 Å². The first-order valence-electron chi connectivity index (χ1n) is 12.1. The second-order valence-corrected chi connectivity index (χ2v) is 9.95. The van der Waals surface area contributed by atoms with Crippen LogP contribution in [0.15, 0.2) is 54.6 Å². The molecule has 6 rings (SSSR count). The van der Waals surface area contributed by atoms with Crippen LogP contribution >= 0.6 is 0 Å². The highest BCUT2D eigenvalue weighted by atomic mass is 19.1.